The summed E-state index contributed by atoms with van der Waals surface area (Å²) in [7, 11) is 5.66. The van der Waals surface area contributed by atoms with E-state index in [1.807, 2.05) is 26.2 Å². The monoisotopic (exact) mass is 256 g/mol. The van der Waals surface area contributed by atoms with Gasteiger partial charge in [-0.3, -0.25) is 0 Å². The van der Waals surface area contributed by atoms with Gasteiger partial charge in [0.15, 0.2) is 0 Å². The van der Waals surface area contributed by atoms with Crippen molar-refractivity contribution in [2.75, 3.05) is 26.1 Å². The number of benzene rings is 2. The van der Waals surface area contributed by atoms with E-state index < -0.39 is 0 Å². The largest absolute Gasteiger partial charge is 0.508 e. The predicted octanol–water partition coefficient (Wildman–Crippen LogP) is 2.62. The van der Waals surface area contributed by atoms with Crippen molar-refractivity contribution in [1.29, 1.82) is 0 Å². The van der Waals surface area contributed by atoms with Gasteiger partial charge in [-0.05, 0) is 36.4 Å². The van der Waals surface area contributed by atoms with Crippen LogP contribution in [0.15, 0.2) is 36.4 Å². The lowest BCUT2D eigenvalue weighted by Crippen LogP contribution is -2.08. The van der Waals surface area contributed by atoms with Crippen LogP contribution >= 0.6 is 0 Å². The maximum Gasteiger partial charge on any atom is 0.116 e. The number of rotatable bonds is 2. The molecule has 0 atom stereocenters. The molecule has 1 N–H and O–H groups in total. The summed E-state index contributed by atoms with van der Waals surface area (Å²) in [4.78, 5) is 7.50. The Morgan fingerprint density at radius 3 is 2.26 bits per heavy atom. The third-order valence-corrected chi connectivity index (χ3v) is 3.39. The Balaban J connectivity index is 2.45. The molecular formula is C15H16N2O2. The van der Waals surface area contributed by atoms with Crippen molar-refractivity contribution in [3.8, 4) is 5.75 Å². The molecule has 4 heteroatoms. The summed E-state index contributed by atoms with van der Waals surface area (Å²) in [6.07, 6.45) is 0. The van der Waals surface area contributed by atoms with Crippen LogP contribution in [0.1, 0.15) is 0 Å². The molecule has 0 aliphatic rings. The van der Waals surface area contributed by atoms with Crippen LogP contribution in [0.4, 0.5) is 5.69 Å². The number of hydrogen-bond donors (Lipinski definition) is 1. The molecule has 19 heavy (non-hydrogen) atoms. The summed E-state index contributed by atoms with van der Waals surface area (Å²) in [5.74, 6) is 0.262. The van der Waals surface area contributed by atoms with Gasteiger partial charge in [0.1, 0.15) is 12.9 Å². The molecule has 1 aromatic heterocycles. The van der Waals surface area contributed by atoms with Crippen molar-refractivity contribution in [3.05, 3.63) is 36.4 Å². The second kappa shape index (κ2) is 4.09. The van der Waals surface area contributed by atoms with Gasteiger partial charge >= 0.3 is 0 Å². The van der Waals surface area contributed by atoms with Crippen LogP contribution in [-0.2, 0) is 0 Å². The third kappa shape index (κ3) is 1.68. The minimum atomic E-state index is 0.262. The number of phenolic OH excluding ortho intramolecular Hbond substituents is 1. The first kappa shape index (κ1) is 11.7. The van der Waals surface area contributed by atoms with Crippen molar-refractivity contribution < 1.29 is 9.94 Å². The number of phenols is 1. The lowest BCUT2D eigenvalue weighted by atomic mass is 10.1. The van der Waals surface area contributed by atoms with Crippen molar-refractivity contribution in [3.63, 3.8) is 0 Å². The molecular weight excluding hydrogens is 240 g/mol. The zero-order valence-corrected chi connectivity index (χ0v) is 11.2. The number of fused-ring (bicyclic) bond motifs is 3. The Labute approximate surface area is 111 Å². The second-order valence-electron chi connectivity index (χ2n) is 4.77. The van der Waals surface area contributed by atoms with Gasteiger partial charge < -0.3 is 14.8 Å². The zero-order chi connectivity index (χ0) is 13.6. The Morgan fingerprint density at radius 1 is 1.00 bits per heavy atom. The molecule has 4 nitrogen and oxygen atoms in total. The van der Waals surface area contributed by atoms with E-state index in [4.69, 9.17) is 4.84 Å². The Bertz CT molecular complexity index is 760. The van der Waals surface area contributed by atoms with Gasteiger partial charge in [0.05, 0.1) is 11.0 Å². The second-order valence-corrected chi connectivity index (χ2v) is 4.77. The summed E-state index contributed by atoms with van der Waals surface area (Å²) >= 11 is 0. The fourth-order valence-corrected chi connectivity index (χ4v) is 2.44. The van der Waals surface area contributed by atoms with Gasteiger partial charge in [0.2, 0.25) is 0 Å². The topological polar surface area (TPSA) is 37.6 Å². The molecule has 0 saturated carbocycles. The first-order chi connectivity index (χ1) is 9.11. The lowest BCUT2D eigenvalue weighted by Gasteiger charge is -2.12. The molecule has 0 aliphatic carbocycles. The molecule has 0 bridgehead atoms. The maximum absolute atomic E-state index is 9.69. The summed E-state index contributed by atoms with van der Waals surface area (Å²) in [5, 5.41) is 11.7. The van der Waals surface area contributed by atoms with Gasteiger partial charge in [-0.2, -0.15) is 4.73 Å². The summed E-state index contributed by atoms with van der Waals surface area (Å²) in [6, 6.07) is 11.5. The van der Waals surface area contributed by atoms with Crippen molar-refractivity contribution in [1.82, 2.24) is 4.73 Å². The standard InChI is InChI=1S/C15H16N2O2/c1-16(2)10-4-6-14-12(8-10)13-9-11(18)5-7-15(13)17(14)19-3/h4-9,18H,1-3H3. The summed E-state index contributed by atoms with van der Waals surface area (Å²) < 4.78 is 1.78. The SMILES string of the molecule is COn1c2ccc(O)cc2c2cc(N(C)C)ccc21. The van der Waals surface area contributed by atoms with E-state index in [0.717, 1.165) is 27.5 Å². The molecule has 0 fully saturated rings. The number of aromatic hydroxyl groups is 1. The van der Waals surface area contributed by atoms with Crippen LogP contribution in [0, 0.1) is 0 Å². The average Bonchev–Trinajstić information content (AvgIpc) is 2.71. The average molecular weight is 256 g/mol. The number of hydrogen-bond acceptors (Lipinski definition) is 3. The van der Waals surface area contributed by atoms with Gasteiger partial charge in [-0.15, -0.1) is 0 Å². The summed E-state index contributed by atoms with van der Waals surface area (Å²) in [5.41, 5.74) is 3.06. The van der Waals surface area contributed by atoms with E-state index in [-0.39, 0.29) is 5.75 Å². The normalized spacial score (nSPS) is 11.1. The highest BCUT2D eigenvalue weighted by Gasteiger charge is 2.12. The third-order valence-electron chi connectivity index (χ3n) is 3.39. The molecule has 0 amide bonds. The van der Waals surface area contributed by atoms with Gasteiger partial charge in [-0.25, -0.2) is 0 Å². The molecule has 3 aromatic rings. The van der Waals surface area contributed by atoms with Crippen LogP contribution in [-0.4, -0.2) is 31.0 Å². The fourth-order valence-electron chi connectivity index (χ4n) is 2.44. The Morgan fingerprint density at radius 2 is 1.63 bits per heavy atom. The highest BCUT2D eigenvalue weighted by atomic mass is 16.6. The Kier molecular flexibility index (Phi) is 2.52. The van der Waals surface area contributed by atoms with Gasteiger partial charge in [0.25, 0.3) is 0 Å². The van der Waals surface area contributed by atoms with Crippen LogP contribution in [0.3, 0.4) is 0 Å². The van der Waals surface area contributed by atoms with Crippen LogP contribution < -0.4 is 9.74 Å². The smallest absolute Gasteiger partial charge is 0.116 e. The molecule has 0 unspecified atom stereocenters. The van der Waals surface area contributed by atoms with Crippen molar-refractivity contribution >= 4 is 27.5 Å². The molecule has 0 saturated heterocycles. The van der Waals surface area contributed by atoms with Crippen LogP contribution in [0.2, 0.25) is 0 Å². The molecule has 3 rings (SSSR count). The van der Waals surface area contributed by atoms with E-state index in [2.05, 4.69) is 17.0 Å². The van der Waals surface area contributed by atoms with Crippen molar-refractivity contribution in [2.24, 2.45) is 0 Å². The first-order valence-electron chi connectivity index (χ1n) is 6.11. The quantitative estimate of drug-likeness (QED) is 0.766. The van der Waals surface area contributed by atoms with E-state index in [0.29, 0.717) is 0 Å². The molecule has 0 radical (unpaired) electrons. The Hall–Kier alpha value is -2.36. The van der Waals surface area contributed by atoms with E-state index in [9.17, 15) is 5.11 Å². The fraction of sp³-hybridized carbons (Fsp3) is 0.200. The van der Waals surface area contributed by atoms with E-state index in [1.54, 1.807) is 24.0 Å². The molecule has 98 valence electrons. The van der Waals surface area contributed by atoms with Crippen LogP contribution in [0.25, 0.3) is 21.8 Å². The number of anilines is 1. The first-order valence-corrected chi connectivity index (χ1v) is 6.11. The summed E-state index contributed by atoms with van der Waals surface area (Å²) in [6.45, 7) is 0. The lowest BCUT2D eigenvalue weighted by molar-refractivity contribution is 0.190. The zero-order valence-electron chi connectivity index (χ0n) is 11.2. The minimum absolute atomic E-state index is 0.262. The maximum atomic E-state index is 9.69. The van der Waals surface area contributed by atoms with Gasteiger partial charge in [0, 0.05) is 30.6 Å². The molecule has 0 spiro atoms. The highest BCUT2D eigenvalue weighted by molar-refractivity contribution is 6.09. The molecule has 1 heterocycles. The van der Waals surface area contributed by atoms with Gasteiger partial charge in [-0.1, -0.05) is 0 Å². The van der Waals surface area contributed by atoms with E-state index in [1.165, 1.54) is 0 Å². The predicted molar refractivity (Wildman–Crippen MR) is 77.9 cm³/mol. The van der Waals surface area contributed by atoms with E-state index >= 15 is 0 Å². The molecule has 0 aliphatic heterocycles. The highest BCUT2D eigenvalue weighted by Crippen LogP contribution is 2.32. The minimum Gasteiger partial charge on any atom is -0.508 e. The van der Waals surface area contributed by atoms with Crippen molar-refractivity contribution in [2.45, 2.75) is 0 Å². The number of nitrogens with zero attached hydrogens (tertiary/aromatic N) is 2. The molecule has 2 aromatic carbocycles. The number of aromatic nitrogens is 1. The van der Waals surface area contributed by atoms with Crippen LogP contribution in [0.5, 0.6) is 5.75 Å².